The number of anilines is 1. The summed E-state index contributed by atoms with van der Waals surface area (Å²) in [4.78, 5) is 32.6. The lowest BCUT2D eigenvalue weighted by molar-refractivity contribution is -0.114. The summed E-state index contributed by atoms with van der Waals surface area (Å²) in [7, 11) is 0. The van der Waals surface area contributed by atoms with Crippen LogP contribution in [-0.2, 0) is 9.59 Å². The summed E-state index contributed by atoms with van der Waals surface area (Å²) in [5.41, 5.74) is 1.57. The minimum Gasteiger partial charge on any atom is -0.493 e. The van der Waals surface area contributed by atoms with Crippen molar-refractivity contribution < 1.29 is 14.3 Å². The van der Waals surface area contributed by atoms with Crippen LogP contribution in [0.15, 0.2) is 34.2 Å². The monoisotopic (exact) mass is 396 g/mol. The molecular weight excluding hydrogens is 376 g/mol. The Bertz CT molecular complexity index is 1030. The SMILES string of the molecule is CCOc1cc(NC(C)=O)nc2ccc(/C=C3/SC(NC4CC4)=NC3=O)cc12. The van der Waals surface area contributed by atoms with E-state index in [2.05, 4.69) is 20.6 Å². The maximum Gasteiger partial charge on any atom is 0.286 e. The van der Waals surface area contributed by atoms with E-state index < -0.39 is 0 Å². The molecule has 2 heterocycles. The summed E-state index contributed by atoms with van der Waals surface area (Å²) >= 11 is 1.37. The van der Waals surface area contributed by atoms with Gasteiger partial charge in [-0.15, -0.1) is 0 Å². The van der Waals surface area contributed by atoms with E-state index in [1.54, 1.807) is 6.07 Å². The summed E-state index contributed by atoms with van der Waals surface area (Å²) in [5, 5.41) is 7.45. The first-order valence-electron chi connectivity index (χ1n) is 9.16. The molecule has 4 rings (SSSR count). The van der Waals surface area contributed by atoms with Gasteiger partial charge in [-0.25, -0.2) is 4.98 Å². The Balaban J connectivity index is 1.64. The van der Waals surface area contributed by atoms with Gasteiger partial charge in [0.1, 0.15) is 11.6 Å². The van der Waals surface area contributed by atoms with Crippen molar-refractivity contribution in [1.29, 1.82) is 0 Å². The third kappa shape index (κ3) is 4.17. The van der Waals surface area contributed by atoms with Gasteiger partial charge < -0.3 is 15.4 Å². The summed E-state index contributed by atoms with van der Waals surface area (Å²) in [6, 6.07) is 7.83. The van der Waals surface area contributed by atoms with Crippen LogP contribution in [0.4, 0.5) is 5.82 Å². The molecule has 7 nitrogen and oxygen atoms in total. The summed E-state index contributed by atoms with van der Waals surface area (Å²) in [5.74, 6) is 0.662. The van der Waals surface area contributed by atoms with Crippen molar-refractivity contribution >= 4 is 51.5 Å². The van der Waals surface area contributed by atoms with Crippen LogP contribution in [0, 0.1) is 0 Å². The lowest BCUT2D eigenvalue weighted by atomic mass is 10.1. The van der Waals surface area contributed by atoms with Crippen molar-refractivity contribution in [2.24, 2.45) is 4.99 Å². The second-order valence-electron chi connectivity index (χ2n) is 6.65. The molecule has 1 aromatic heterocycles. The van der Waals surface area contributed by atoms with Gasteiger partial charge >= 0.3 is 0 Å². The van der Waals surface area contributed by atoms with E-state index in [9.17, 15) is 9.59 Å². The average molecular weight is 396 g/mol. The molecule has 0 atom stereocenters. The molecule has 1 aliphatic carbocycles. The van der Waals surface area contributed by atoms with Crippen molar-refractivity contribution in [3.8, 4) is 5.75 Å². The van der Waals surface area contributed by atoms with Gasteiger partial charge in [-0.1, -0.05) is 6.07 Å². The minimum atomic E-state index is -0.225. The fourth-order valence-electron chi connectivity index (χ4n) is 2.85. The van der Waals surface area contributed by atoms with E-state index in [1.165, 1.54) is 18.7 Å². The summed E-state index contributed by atoms with van der Waals surface area (Å²) < 4.78 is 5.74. The van der Waals surface area contributed by atoms with Crippen LogP contribution in [-0.4, -0.2) is 34.6 Å². The lowest BCUT2D eigenvalue weighted by Crippen LogP contribution is -2.20. The van der Waals surface area contributed by atoms with Gasteiger partial charge in [0.25, 0.3) is 5.91 Å². The number of hydrogen-bond donors (Lipinski definition) is 2. The van der Waals surface area contributed by atoms with Crippen LogP contribution in [0.2, 0.25) is 0 Å². The number of carbonyl (C=O) groups excluding carboxylic acids is 2. The molecule has 0 saturated heterocycles. The number of benzene rings is 1. The minimum absolute atomic E-state index is 0.192. The zero-order chi connectivity index (χ0) is 19.7. The highest BCUT2D eigenvalue weighted by Crippen LogP contribution is 2.32. The van der Waals surface area contributed by atoms with Crippen molar-refractivity contribution in [1.82, 2.24) is 10.3 Å². The molecule has 0 radical (unpaired) electrons. The van der Waals surface area contributed by atoms with E-state index >= 15 is 0 Å². The van der Waals surface area contributed by atoms with E-state index in [0.717, 1.165) is 23.8 Å². The molecule has 144 valence electrons. The second kappa shape index (κ2) is 7.63. The van der Waals surface area contributed by atoms with Crippen molar-refractivity contribution in [2.75, 3.05) is 11.9 Å². The number of ether oxygens (including phenoxy) is 1. The number of nitrogens with zero attached hydrogens (tertiary/aromatic N) is 2. The summed E-state index contributed by atoms with van der Waals surface area (Å²) in [6.45, 7) is 3.82. The second-order valence-corrected chi connectivity index (χ2v) is 7.68. The Morgan fingerprint density at radius 1 is 1.36 bits per heavy atom. The van der Waals surface area contributed by atoms with Gasteiger partial charge in [0.2, 0.25) is 5.91 Å². The van der Waals surface area contributed by atoms with Crippen LogP contribution in [0.1, 0.15) is 32.3 Å². The van der Waals surface area contributed by atoms with Gasteiger partial charge in [0.15, 0.2) is 5.17 Å². The zero-order valence-electron chi connectivity index (χ0n) is 15.6. The number of aliphatic imine (C=N–C) groups is 1. The summed E-state index contributed by atoms with van der Waals surface area (Å²) in [6.07, 6.45) is 4.09. The molecule has 2 amide bonds. The predicted molar refractivity (Wildman–Crippen MR) is 111 cm³/mol. The molecule has 1 fully saturated rings. The number of thioether (sulfide) groups is 1. The highest BCUT2D eigenvalue weighted by molar-refractivity contribution is 8.18. The molecule has 2 aliphatic rings. The standard InChI is InChI=1S/C20H20N4O3S/c1-3-27-16-10-18(21-11(2)25)23-15-7-4-12(8-14(15)16)9-17-19(26)24-20(28-17)22-13-5-6-13/h4,7-10,13H,3,5-6H2,1-2H3,(H,21,23,25)(H,22,24,26)/b17-9+. The van der Waals surface area contributed by atoms with Crippen LogP contribution in [0.3, 0.4) is 0 Å². The van der Waals surface area contributed by atoms with Crippen LogP contribution < -0.4 is 15.4 Å². The van der Waals surface area contributed by atoms with E-state index in [1.807, 2.05) is 31.2 Å². The maximum atomic E-state index is 12.2. The smallest absolute Gasteiger partial charge is 0.286 e. The van der Waals surface area contributed by atoms with E-state index in [4.69, 9.17) is 4.74 Å². The third-order valence-electron chi connectivity index (χ3n) is 4.22. The van der Waals surface area contributed by atoms with Crippen LogP contribution >= 0.6 is 11.8 Å². The van der Waals surface area contributed by atoms with Crippen molar-refractivity contribution in [3.05, 3.63) is 34.7 Å². The quantitative estimate of drug-likeness (QED) is 0.753. The van der Waals surface area contributed by atoms with E-state index in [0.29, 0.717) is 39.8 Å². The van der Waals surface area contributed by atoms with Gasteiger partial charge in [0.05, 0.1) is 17.0 Å². The van der Waals surface area contributed by atoms with Gasteiger partial charge in [-0.3, -0.25) is 9.59 Å². The van der Waals surface area contributed by atoms with Crippen molar-refractivity contribution in [2.45, 2.75) is 32.7 Å². The number of rotatable bonds is 5. The number of fused-ring (bicyclic) bond motifs is 1. The molecule has 2 aromatic rings. The Labute approximate surface area is 166 Å². The topological polar surface area (TPSA) is 92.7 Å². The first-order chi connectivity index (χ1) is 13.5. The van der Waals surface area contributed by atoms with Crippen LogP contribution in [0.25, 0.3) is 17.0 Å². The highest BCUT2D eigenvalue weighted by atomic mass is 32.2. The molecule has 1 saturated carbocycles. The number of pyridine rings is 1. The zero-order valence-corrected chi connectivity index (χ0v) is 16.4. The molecular formula is C20H20N4O3S. The predicted octanol–water partition coefficient (Wildman–Crippen LogP) is 3.31. The molecule has 2 N–H and O–H groups in total. The number of aromatic nitrogens is 1. The Hall–Kier alpha value is -2.87. The Morgan fingerprint density at radius 3 is 2.89 bits per heavy atom. The lowest BCUT2D eigenvalue weighted by Gasteiger charge is -2.11. The van der Waals surface area contributed by atoms with Gasteiger partial charge in [-0.2, -0.15) is 4.99 Å². The first-order valence-corrected chi connectivity index (χ1v) is 9.98. The Kier molecular flexibility index (Phi) is 5.04. The number of amidine groups is 1. The Morgan fingerprint density at radius 2 is 2.18 bits per heavy atom. The molecule has 0 bridgehead atoms. The molecule has 0 unspecified atom stereocenters. The maximum absolute atomic E-state index is 12.2. The fraction of sp³-hybridized carbons (Fsp3) is 0.300. The number of carbonyl (C=O) groups is 2. The molecule has 1 aromatic carbocycles. The highest BCUT2D eigenvalue weighted by Gasteiger charge is 2.28. The molecule has 28 heavy (non-hydrogen) atoms. The number of hydrogen-bond acceptors (Lipinski definition) is 6. The first kappa shape index (κ1) is 18.5. The van der Waals surface area contributed by atoms with E-state index in [-0.39, 0.29) is 11.8 Å². The normalized spacial score (nSPS) is 17.7. The number of amides is 2. The van der Waals surface area contributed by atoms with Crippen molar-refractivity contribution in [3.63, 3.8) is 0 Å². The number of nitrogens with one attached hydrogen (secondary N) is 2. The largest absolute Gasteiger partial charge is 0.493 e. The van der Waals surface area contributed by atoms with Gasteiger partial charge in [0, 0.05) is 24.4 Å². The molecule has 8 heteroatoms. The van der Waals surface area contributed by atoms with Crippen LogP contribution in [0.5, 0.6) is 5.75 Å². The molecule has 0 spiro atoms. The molecule has 1 aliphatic heterocycles. The average Bonchev–Trinajstić information content (AvgIpc) is 3.38. The third-order valence-corrected chi connectivity index (χ3v) is 5.14. The fourth-order valence-corrected chi connectivity index (χ4v) is 3.74. The van der Waals surface area contributed by atoms with Gasteiger partial charge in [-0.05, 0) is 55.3 Å².